The molecule has 1 aromatic heterocycles. The number of nitrogens with zero attached hydrogens (tertiary/aromatic N) is 4. The molecule has 0 spiro atoms. The minimum Gasteiger partial charge on any atom is -0.317 e. The lowest BCUT2D eigenvalue weighted by Crippen LogP contribution is -3.28. The molecule has 0 amide bonds. The highest BCUT2D eigenvalue weighted by Crippen LogP contribution is 2.22. The van der Waals surface area contributed by atoms with E-state index in [0.29, 0.717) is 18.0 Å². The fourth-order valence-electron chi connectivity index (χ4n) is 5.26. The zero-order valence-electron chi connectivity index (χ0n) is 20.1. The van der Waals surface area contributed by atoms with Crippen molar-refractivity contribution in [1.82, 2.24) is 20.2 Å². The zero-order chi connectivity index (χ0) is 22.7. The quantitative estimate of drug-likeness (QED) is 0.621. The molecular weight excluding hydrogens is 396 g/mol. The minimum atomic E-state index is -0.121. The SMILES string of the molecule is CC(C)[C@H](c1nnnn1C(C)(C)C)[NH+]1CC[NH+](C(c2ccccc2)c2ccccc2)CC1. The molecule has 2 N–H and O–H groups in total. The second-order valence-electron chi connectivity index (χ2n) is 10.4. The lowest BCUT2D eigenvalue weighted by molar-refractivity contribution is -1.04. The van der Waals surface area contributed by atoms with E-state index < -0.39 is 0 Å². The van der Waals surface area contributed by atoms with E-state index in [4.69, 9.17) is 0 Å². The van der Waals surface area contributed by atoms with Gasteiger partial charge in [0.1, 0.15) is 32.2 Å². The number of hydrogen-bond donors (Lipinski definition) is 2. The first-order valence-corrected chi connectivity index (χ1v) is 11.9. The summed E-state index contributed by atoms with van der Waals surface area (Å²) in [5.41, 5.74) is 2.67. The van der Waals surface area contributed by atoms with Crippen molar-refractivity contribution in [3.63, 3.8) is 0 Å². The molecule has 1 aliphatic rings. The van der Waals surface area contributed by atoms with Crippen LogP contribution in [0.2, 0.25) is 0 Å². The first-order chi connectivity index (χ1) is 15.4. The third-order valence-corrected chi connectivity index (χ3v) is 6.72. The molecule has 6 heteroatoms. The molecule has 1 fully saturated rings. The number of quaternary nitrogens is 2. The van der Waals surface area contributed by atoms with Gasteiger partial charge in [-0.3, -0.25) is 0 Å². The smallest absolute Gasteiger partial charge is 0.210 e. The Morgan fingerprint density at radius 3 is 1.75 bits per heavy atom. The van der Waals surface area contributed by atoms with Gasteiger partial charge in [-0.25, -0.2) is 4.68 Å². The summed E-state index contributed by atoms with van der Waals surface area (Å²) in [6.45, 7) is 15.6. The molecule has 0 radical (unpaired) electrons. The van der Waals surface area contributed by atoms with Gasteiger partial charge < -0.3 is 9.80 Å². The number of tetrazole rings is 1. The Morgan fingerprint density at radius 2 is 1.28 bits per heavy atom. The van der Waals surface area contributed by atoms with Gasteiger partial charge in [0.05, 0.1) is 5.54 Å². The molecule has 4 rings (SSSR count). The van der Waals surface area contributed by atoms with Crippen molar-refractivity contribution in [2.75, 3.05) is 26.2 Å². The molecule has 2 heterocycles. The van der Waals surface area contributed by atoms with Crippen molar-refractivity contribution in [3.8, 4) is 0 Å². The molecular formula is C26H38N6+2. The molecule has 0 bridgehead atoms. The summed E-state index contributed by atoms with van der Waals surface area (Å²) >= 11 is 0. The molecule has 2 aromatic carbocycles. The predicted octanol–water partition coefficient (Wildman–Crippen LogP) is 1.70. The van der Waals surface area contributed by atoms with E-state index in [1.165, 1.54) is 11.1 Å². The van der Waals surface area contributed by atoms with E-state index in [1.807, 2.05) is 4.68 Å². The fraction of sp³-hybridized carbons (Fsp3) is 0.500. The lowest BCUT2D eigenvalue weighted by Gasteiger charge is -2.39. The van der Waals surface area contributed by atoms with Crippen LogP contribution in [0.5, 0.6) is 0 Å². The molecule has 1 atom stereocenters. The van der Waals surface area contributed by atoms with Gasteiger partial charge >= 0.3 is 0 Å². The Morgan fingerprint density at radius 1 is 0.781 bits per heavy atom. The van der Waals surface area contributed by atoms with E-state index in [9.17, 15) is 0 Å². The van der Waals surface area contributed by atoms with Crippen molar-refractivity contribution in [1.29, 1.82) is 0 Å². The average Bonchev–Trinajstić information content (AvgIpc) is 3.26. The predicted molar refractivity (Wildman–Crippen MR) is 127 cm³/mol. The molecule has 0 aliphatic carbocycles. The van der Waals surface area contributed by atoms with Crippen molar-refractivity contribution in [3.05, 3.63) is 77.6 Å². The fourth-order valence-corrected chi connectivity index (χ4v) is 5.26. The van der Waals surface area contributed by atoms with Crippen LogP contribution in [0.3, 0.4) is 0 Å². The number of rotatable bonds is 6. The third-order valence-electron chi connectivity index (χ3n) is 6.72. The van der Waals surface area contributed by atoms with E-state index in [0.717, 1.165) is 32.0 Å². The van der Waals surface area contributed by atoms with Gasteiger partial charge in [-0.2, -0.15) is 0 Å². The van der Waals surface area contributed by atoms with Crippen molar-refractivity contribution >= 4 is 0 Å². The Kier molecular flexibility index (Phi) is 6.72. The summed E-state index contributed by atoms with van der Waals surface area (Å²) in [6.07, 6.45) is 0. The summed E-state index contributed by atoms with van der Waals surface area (Å²) in [7, 11) is 0. The third kappa shape index (κ3) is 4.76. The average molecular weight is 435 g/mol. The van der Waals surface area contributed by atoms with Gasteiger partial charge in [0.2, 0.25) is 5.82 Å². The van der Waals surface area contributed by atoms with E-state index in [1.54, 1.807) is 9.80 Å². The maximum Gasteiger partial charge on any atom is 0.210 e. The van der Waals surface area contributed by atoms with Gasteiger partial charge in [0.15, 0.2) is 6.04 Å². The maximum atomic E-state index is 4.50. The second-order valence-corrected chi connectivity index (χ2v) is 10.4. The first-order valence-electron chi connectivity index (χ1n) is 11.9. The summed E-state index contributed by atoms with van der Waals surface area (Å²) < 4.78 is 2.03. The van der Waals surface area contributed by atoms with Crippen molar-refractivity contribution < 1.29 is 9.80 Å². The van der Waals surface area contributed by atoms with Gasteiger partial charge in [-0.1, -0.05) is 74.5 Å². The van der Waals surface area contributed by atoms with Crippen LogP contribution < -0.4 is 9.80 Å². The Hall–Kier alpha value is -2.57. The Bertz CT molecular complexity index is 929. The van der Waals surface area contributed by atoms with Gasteiger partial charge in [0, 0.05) is 17.0 Å². The largest absolute Gasteiger partial charge is 0.317 e. The number of hydrogen-bond acceptors (Lipinski definition) is 3. The van der Waals surface area contributed by atoms with Crippen LogP contribution >= 0.6 is 0 Å². The highest BCUT2D eigenvalue weighted by molar-refractivity contribution is 5.29. The van der Waals surface area contributed by atoms with Crippen LogP contribution in [0.1, 0.15) is 63.7 Å². The van der Waals surface area contributed by atoms with E-state index >= 15 is 0 Å². The molecule has 0 unspecified atom stereocenters. The van der Waals surface area contributed by atoms with Crippen LogP contribution in [0.15, 0.2) is 60.7 Å². The Labute approximate surface area is 192 Å². The molecule has 170 valence electrons. The van der Waals surface area contributed by atoms with Crippen molar-refractivity contribution in [2.24, 2.45) is 5.92 Å². The summed E-state index contributed by atoms with van der Waals surface area (Å²) in [5.74, 6) is 1.49. The highest BCUT2D eigenvalue weighted by atomic mass is 15.6. The summed E-state index contributed by atoms with van der Waals surface area (Å²) in [6, 6.07) is 22.6. The van der Waals surface area contributed by atoms with Crippen LogP contribution in [0.4, 0.5) is 0 Å². The van der Waals surface area contributed by atoms with Gasteiger partial charge in [-0.05, 0) is 31.2 Å². The molecule has 6 nitrogen and oxygen atoms in total. The van der Waals surface area contributed by atoms with Crippen LogP contribution in [-0.4, -0.2) is 46.4 Å². The van der Waals surface area contributed by atoms with E-state index in [2.05, 4.69) is 111 Å². The molecule has 3 aromatic rings. The van der Waals surface area contributed by atoms with Crippen molar-refractivity contribution in [2.45, 2.75) is 52.2 Å². The number of benzene rings is 2. The normalized spacial score (nSPS) is 20.6. The standard InChI is InChI=1S/C26H36N6/c1-20(2)23(25-27-28-29-32(25)26(3,4)5)30-16-18-31(19-17-30)24(21-12-8-6-9-13-21)22-14-10-7-11-15-22/h6-15,20,23-24H,16-19H2,1-5H3/p+2/t23-/m1/s1. The minimum absolute atomic E-state index is 0.121. The molecule has 1 aliphatic heterocycles. The number of piperazine rings is 1. The Balaban J connectivity index is 1.56. The number of aromatic nitrogens is 4. The van der Waals surface area contributed by atoms with E-state index in [-0.39, 0.29) is 5.54 Å². The van der Waals surface area contributed by atoms with Gasteiger partial charge in [-0.15, -0.1) is 5.10 Å². The topological polar surface area (TPSA) is 52.5 Å². The van der Waals surface area contributed by atoms with Crippen LogP contribution in [0.25, 0.3) is 0 Å². The summed E-state index contributed by atoms with van der Waals surface area (Å²) in [5, 5.41) is 12.9. The second kappa shape index (κ2) is 9.51. The molecule has 0 saturated carbocycles. The lowest BCUT2D eigenvalue weighted by atomic mass is 9.95. The molecule has 1 saturated heterocycles. The highest BCUT2D eigenvalue weighted by Gasteiger charge is 2.40. The zero-order valence-corrected chi connectivity index (χ0v) is 20.1. The first kappa shape index (κ1) is 22.6. The van der Waals surface area contributed by atoms with Gasteiger partial charge in [0.25, 0.3) is 0 Å². The van der Waals surface area contributed by atoms with Crippen LogP contribution in [0, 0.1) is 5.92 Å². The summed E-state index contributed by atoms with van der Waals surface area (Å²) in [4.78, 5) is 3.24. The number of nitrogens with one attached hydrogen (secondary N) is 2. The monoisotopic (exact) mass is 434 g/mol. The maximum absolute atomic E-state index is 4.50. The molecule has 32 heavy (non-hydrogen) atoms. The van der Waals surface area contributed by atoms with Crippen LogP contribution in [-0.2, 0) is 5.54 Å².